The number of benzene rings is 2. The highest BCUT2D eigenvalue weighted by atomic mass is 16.5. The molecule has 2 aromatic carbocycles. The van der Waals surface area contributed by atoms with Crippen molar-refractivity contribution in [2.75, 3.05) is 19.5 Å². The molecule has 0 saturated carbocycles. The first-order chi connectivity index (χ1) is 12.6. The number of hydrogen-bond donors (Lipinski definition) is 1. The van der Waals surface area contributed by atoms with Gasteiger partial charge in [0.25, 0.3) is 0 Å². The Kier molecular flexibility index (Phi) is 5.41. The number of ether oxygens (including phenoxy) is 2. The highest BCUT2D eigenvalue weighted by molar-refractivity contribution is 5.59. The molecule has 26 heavy (non-hydrogen) atoms. The van der Waals surface area contributed by atoms with Gasteiger partial charge in [0.1, 0.15) is 0 Å². The lowest BCUT2D eigenvalue weighted by molar-refractivity contribution is 0.355. The third kappa shape index (κ3) is 3.79. The average Bonchev–Trinajstić information content (AvgIpc) is 3.15. The van der Waals surface area contributed by atoms with E-state index in [1.807, 2.05) is 30.3 Å². The molecule has 0 radical (unpaired) electrons. The molecule has 0 aliphatic rings. The molecule has 6 heteroatoms. The molecular formula is C20H23N3O3. The van der Waals surface area contributed by atoms with Crippen LogP contribution >= 0.6 is 0 Å². The Bertz CT molecular complexity index is 874. The van der Waals surface area contributed by atoms with Crippen molar-refractivity contribution in [3.8, 4) is 23.0 Å². The lowest BCUT2D eigenvalue weighted by Gasteiger charge is -2.13. The first-order valence-electron chi connectivity index (χ1n) is 8.50. The Morgan fingerprint density at radius 2 is 1.77 bits per heavy atom. The second kappa shape index (κ2) is 7.91. The van der Waals surface area contributed by atoms with Crippen LogP contribution in [0.3, 0.4) is 0 Å². The molecule has 6 nitrogen and oxygen atoms in total. The van der Waals surface area contributed by atoms with E-state index in [0.717, 1.165) is 11.3 Å². The second-order valence-corrected chi connectivity index (χ2v) is 6.17. The fraction of sp³-hybridized carbons (Fsp3) is 0.300. The third-order valence-electron chi connectivity index (χ3n) is 4.11. The molecule has 0 aliphatic heterocycles. The Morgan fingerprint density at radius 1 is 1.00 bits per heavy atom. The van der Waals surface area contributed by atoms with Crippen LogP contribution in [0.1, 0.15) is 31.2 Å². The molecular weight excluding hydrogens is 330 g/mol. The minimum absolute atomic E-state index is 0.434. The molecule has 0 amide bonds. The van der Waals surface area contributed by atoms with Crippen molar-refractivity contribution in [3.05, 3.63) is 53.9 Å². The van der Waals surface area contributed by atoms with Gasteiger partial charge in [0.2, 0.25) is 11.8 Å². The van der Waals surface area contributed by atoms with Gasteiger partial charge in [0.05, 0.1) is 20.8 Å². The van der Waals surface area contributed by atoms with Crippen LogP contribution < -0.4 is 14.8 Å². The van der Waals surface area contributed by atoms with Crippen LogP contribution in [0.25, 0.3) is 11.5 Å². The smallest absolute Gasteiger partial charge is 0.247 e. The summed E-state index contributed by atoms with van der Waals surface area (Å²) in [6.07, 6.45) is 0. The number of hydrogen-bond acceptors (Lipinski definition) is 6. The second-order valence-electron chi connectivity index (χ2n) is 6.17. The maximum Gasteiger partial charge on any atom is 0.247 e. The first-order valence-corrected chi connectivity index (χ1v) is 8.50. The Morgan fingerprint density at radius 3 is 2.50 bits per heavy atom. The fourth-order valence-corrected chi connectivity index (χ4v) is 2.74. The molecule has 0 atom stereocenters. The fourth-order valence-electron chi connectivity index (χ4n) is 2.74. The van der Waals surface area contributed by atoms with Gasteiger partial charge in [-0.1, -0.05) is 32.0 Å². The summed E-state index contributed by atoms with van der Waals surface area (Å²) in [5, 5.41) is 11.6. The molecule has 0 unspecified atom stereocenters. The van der Waals surface area contributed by atoms with Crippen molar-refractivity contribution in [1.29, 1.82) is 0 Å². The van der Waals surface area contributed by atoms with Crippen LogP contribution in [0.5, 0.6) is 11.5 Å². The van der Waals surface area contributed by atoms with E-state index in [1.165, 1.54) is 5.56 Å². The summed E-state index contributed by atoms with van der Waals surface area (Å²) in [5.41, 5.74) is 3.12. The summed E-state index contributed by atoms with van der Waals surface area (Å²) in [5.74, 6) is 2.67. The number of aromatic nitrogens is 2. The SMILES string of the molecule is COc1ccc(-c2nnc(CNc3ccccc3C(C)C)o2)cc1OC. The van der Waals surface area contributed by atoms with Crippen molar-refractivity contribution < 1.29 is 13.9 Å². The number of para-hydroxylation sites is 1. The summed E-state index contributed by atoms with van der Waals surface area (Å²) in [6, 6.07) is 13.7. The number of anilines is 1. The molecule has 1 N–H and O–H groups in total. The maximum atomic E-state index is 5.78. The Labute approximate surface area is 153 Å². The van der Waals surface area contributed by atoms with Crippen LogP contribution in [0.15, 0.2) is 46.9 Å². The molecule has 0 aliphatic carbocycles. The van der Waals surface area contributed by atoms with E-state index in [4.69, 9.17) is 13.9 Å². The average molecular weight is 353 g/mol. The number of rotatable bonds is 7. The van der Waals surface area contributed by atoms with Gasteiger partial charge in [-0.15, -0.1) is 10.2 Å². The number of nitrogens with zero attached hydrogens (tertiary/aromatic N) is 2. The molecule has 1 heterocycles. The molecule has 3 rings (SSSR count). The highest BCUT2D eigenvalue weighted by Gasteiger charge is 2.13. The summed E-state index contributed by atoms with van der Waals surface area (Å²) in [4.78, 5) is 0. The van der Waals surface area contributed by atoms with Gasteiger partial charge in [-0.3, -0.25) is 0 Å². The van der Waals surface area contributed by atoms with Gasteiger partial charge in [-0.2, -0.15) is 0 Å². The summed E-state index contributed by atoms with van der Waals surface area (Å²) in [7, 11) is 3.19. The zero-order valence-electron chi connectivity index (χ0n) is 15.4. The van der Waals surface area contributed by atoms with Crippen LogP contribution in [0.4, 0.5) is 5.69 Å². The first kappa shape index (κ1) is 17.8. The number of methoxy groups -OCH3 is 2. The summed E-state index contributed by atoms with van der Waals surface area (Å²) < 4.78 is 16.4. The van der Waals surface area contributed by atoms with Crippen LogP contribution in [-0.4, -0.2) is 24.4 Å². The van der Waals surface area contributed by atoms with Crippen molar-refractivity contribution >= 4 is 5.69 Å². The Balaban J connectivity index is 1.75. The minimum atomic E-state index is 0.434. The quantitative estimate of drug-likeness (QED) is 0.675. The van der Waals surface area contributed by atoms with Crippen LogP contribution in [0, 0.1) is 0 Å². The highest BCUT2D eigenvalue weighted by Crippen LogP contribution is 2.32. The standard InChI is InChI=1S/C20H23N3O3/c1-13(2)15-7-5-6-8-16(15)21-12-19-22-23-20(26-19)14-9-10-17(24-3)18(11-14)25-4/h5-11,13,21H,12H2,1-4H3. The molecule has 0 spiro atoms. The van der Waals surface area contributed by atoms with E-state index in [-0.39, 0.29) is 0 Å². The van der Waals surface area contributed by atoms with Gasteiger partial charge in [-0.05, 0) is 35.7 Å². The van der Waals surface area contributed by atoms with Crippen molar-refractivity contribution in [1.82, 2.24) is 10.2 Å². The van der Waals surface area contributed by atoms with Gasteiger partial charge < -0.3 is 19.2 Å². The zero-order valence-corrected chi connectivity index (χ0v) is 15.4. The molecule has 3 aromatic rings. The molecule has 136 valence electrons. The zero-order chi connectivity index (χ0) is 18.5. The van der Waals surface area contributed by atoms with Crippen LogP contribution in [-0.2, 0) is 6.54 Å². The van der Waals surface area contributed by atoms with E-state index in [9.17, 15) is 0 Å². The normalized spacial score (nSPS) is 10.8. The molecule has 1 aromatic heterocycles. The largest absolute Gasteiger partial charge is 0.493 e. The van der Waals surface area contributed by atoms with E-state index < -0.39 is 0 Å². The lowest BCUT2D eigenvalue weighted by Crippen LogP contribution is -2.03. The predicted molar refractivity (Wildman–Crippen MR) is 101 cm³/mol. The van der Waals surface area contributed by atoms with Gasteiger partial charge in [-0.25, -0.2) is 0 Å². The van der Waals surface area contributed by atoms with Crippen molar-refractivity contribution in [3.63, 3.8) is 0 Å². The van der Waals surface area contributed by atoms with E-state index >= 15 is 0 Å². The van der Waals surface area contributed by atoms with Crippen LogP contribution in [0.2, 0.25) is 0 Å². The molecule has 0 saturated heterocycles. The van der Waals surface area contributed by atoms with Gasteiger partial charge in [0, 0.05) is 11.3 Å². The van der Waals surface area contributed by atoms with Crippen molar-refractivity contribution in [2.24, 2.45) is 0 Å². The number of nitrogens with one attached hydrogen (secondary N) is 1. The van der Waals surface area contributed by atoms with E-state index in [2.05, 4.69) is 41.5 Å². The minimum Gasteiger partial charge on any atom is -0.493 e. The molecule has 0 bridgehead atoms. The Hall–Kier alpha value is -3.02. The summed E-state index contributed by atoms with van der Waals surface area (Å²) >= 11 is 0. The monoisotopic (exact) mass is 353 g/mol. The molecule has 0 fully saturated rings. The van der Waals surface area contributed by atoms with E-state index in [0.29, 0.717) is 35.7 Å². The van der Waals surface area contributed by atoms with Gasteiger partial charge >= 0.3 is 0 Å². The third-order valence-corrected chi connectivity index (χ3v) is 4.11. The van der Waals surface area contributed by atoms with Crippen molar-refractivity contribution in [2.45, 2.75) is 26.3 Å². The van der Waals surface area contributed by atoms with E-state index in [1.54, 1.807) is 14.2 Å². The topological polar surface area (TPSA) is 69.4 Å². The lowest BCUT2D eigenvalue weighted by atomic mass is 10.0. The maximum absolute atomic E-state index is 5.78. The summed E-state index contributed by atoms with van der Waals surface area (Å²) in [6.45, 7) is 4.80. The van der Waals surface area contributed by atoms with Gasteiger partial charge in [0.15, 0.2) is 11.5 Å². The predicted octanol–water partition coefficient (Wildman–Crippen LogP) is 4.49.